The summed E-state index contributed by atoms with van der Waals surface area (Å²) in [4.78, 5) is 7.65. The van der Waals surface area contributed by atoms with Crippen LogP contribution < -0.4 is 0 Å². The van der Waals surface area contributed by atoms with Crippen LogP contribution in [-0.4, -0.2) is 9.97 Å². The van der Waals surface area contributed by atoms with Crippen molar-refractivity contribution in [1.29, 1.82) is 0 Å². The lowest BCUT2D eigenvalue weighted by Gasteiger charge is -1.99. The van der Waals surface area contributed by atoms with Gasteiger partial charge in [-0.25, -0.2) is 9.37 Å². The zero-order chi connectivity index (χ0) is 13.6. The predicted molar refractivity (Wildman–Crippen MR) is 81.6 cm³/mol. The minimum absolute atomic E-state index is 0.293. The van der Waals surface area contributed by atoms with Crippen molar-refractivity contribution < 1.29 is 4.39 Å². The fourth-order valence-corrected chi connectivity index (χ4v) is 2.99. The summed E-state index contributed by atoms with van der Waals surface area (Å²) in [7, 11) is 0. The van der Waals surface area contributed by atoms with E-state index < -0.39 is 0 Å². The number of H-pyrrole nitrogens is 1. The van der Waals surface area contributed by atoms with Gasteiger partial charge in [0.1, 0.15) is 11.6 Å². The van der Waals surface area contributed by atoms with E-state index in [4.69, 9.17) is 0 Å². The van der Waals surface area contributed by atoms with Crippen LogP contribution in [0.5, 0.6) is 0 Å². The summed E-state index contributed by atoms with van der Waals surface area (Å²) >= 11 is 6.79. The van der Waals surface area contributed by atoms with Gasteiger partial charge in [0.25, 0.3) is 0 Å². The van der Waals surface area contributed by atoms with E-state index in [1.807, 2.05) is 19.1 Å². The minimum atomic E-state index is -0.293. The van der Waals surface area contributed by atoms with Crippen LogP contribution in [0.15, 0.2) is 39.3 Å². The molecule has 0 atom stereocenters. The van der Waals surface area contributed by atoms with E-state index in [-0.39, 0.29) is 5.82 Å². The molecule has 1 N–H and O–H groups in total. The number of hydrogen-bond acceptors (Lipinski definition) is 1. The van der Waals surface area contributed by atoms with E-state index in [1.165, 1.54) is 6.07 Å². The van der Waals surface area contributed by atoms with Crippen LogP contribution >= 0.6 is 31.9 Å². The zero-order valence-electron chi connectivity index (χ0n) is 9.97. The molecule has 2 nitrogen and oxygen atoms in total. The first-order chi connectivity index (χ1) is 9.04. The molecule has 3 aromatic rings. The van der Waals surface area contributed by atoms with E-state index in [0.717, 1.165) is 25.5 Å². The second kappa shape index (κ2) is 4.72. The number of aromatic amines is 1. The molecule has 96 valence electrons. The van der Waals surface area contributed by atoms with E-state index in [9.17, 15) is 4.39 Å². The predicted octanol–water partition coefficient (Wildman–Crippen LogP) is 5.20. The second-order valence-corrected chi connectivity index (χ2v) is 6.16. The van der Waals surface area contributed by atoms with Crippen molar-refractivity contribution in [2.75, 3.05) is 0 Å². The maximum atomic E-state index is 13.9. The van der Waals surface area contributed by atoms with E-state index in [0.29, 0.717) is 11.4 Å². The summed E-state index contributed by atoms with van der Waals surface area (Å²) in [5, 5.41) is 0. The van der Waals surface area contributed by atoms with Crippen molar-refractivity contribution in [3.63, 3.8) is 0 Å². The number of benzene rings is 2. The Kier molecular flexibility index (Phi) is 3.19. The van der Waals surface area contributed by atoms with Gasteiger partial charge in [0.2, 0.25) is 0 Å². The van der Waals surface area contributed by atoms with Gasteiger partial charge >= 0.3 is 0 Å². The second-order valence-electron chi connectivity index (χ2n) is 4.33. The molecular weight excluding hydrogens is 375 g/mol. The third kappa shape index (κ3) is 2.32. The van der Waals surface area contributed by atoms with Gasteiger partial charge in [0.05, 0.1) is 16.6 Å². The molecule has 0 amide bonds. The maximum Gasteiger partial charge on any atom is 0.141 e. The van der Waals surface area contributed by atoms with E-state index in [2.05, 4.69) is 41.8 Å². The van der Waals surface area contributed by atoms with Crippen molar-refractivity contribution >= 4 is 42.9 Å². The highest BCUT2D eigenvalue weighted by Gasteiger charge is 2.12. The molecule has 0 fully saturated rings. The average molecular weight is 384 g/mol. The number of aromatic nitrogens is 2. The molecule has 1 heterocycles. The molecule has 0 aliphatic heterocycles. The van der Waals surface area contributed by atoms with Crippen LogP contribution in [0.4, 0.5) is 4.39 Å². The molecule has 1 aromatic heterocycles. The Bertz CT molecular complexity index is 780. The van der Waals surface area contributed by atoms with Crippen molar-refractivity contribution in [2.24, 2.45) is 0 Å². The summed E-state index contributed by atoms with van der Waals surface area (Å²) in [6.45, 7) is 1.98. The van der Waals surface area contributed by atoms with Gasteiger partial charge in [0.15, 0.2) is 0 Å². The van der Waals surface area contributed by atoms with Gasteiger partial charge in [-0.15, -0.1) is 0 Å². The summed E-state index contributed by atoms with van der Waals surface area (Å²) in [5.74, 6) is 0.244. The third-order valence-electron chi connectivity index (χ3n) is 2.93. The molecule has 19 heavy (non-hydrogen) atoms. The van der Waals surface area contributed by atoms with Crippen LogP contribution in [0.1, 0.15) is 5.56 Å². The molecule has 3 rings (SSSR count). The summed E-state index contributed by atoms with van der Waals surface area (Å²) < 4.78 is 15.7. The minimum Gasteiger partial charge on any atom is -0.338 e. The number of rotatable bonds is 1. The monoisotopic (exact) mass is 382 g/mol. The third-order valence-corrected chi connectivity index (χ3v) is 3.88. The van der Waals surface area contributed by atoms with Crippen molar-refractivity contribution in [1.82, 2.24) is 9.97 Å². The van der Waals surface area contributed by atoms with Crippen LogP contribution in [0.2, 0.25) is 0 Å². The van der Waals surface area contributed by atoms with Crippen LogP contribution in [0.3, 0.4) is 0 Å². The van der Waals surface area contributed by atoms with Crippen LogP contribution in [-0.2, 0) is 0 Å². The molecular formula is C14H9Br2FN2. The van der Waals surface area contributed by atoms with Crippen molar-refractivity contribution in [3.05, 3.63) is 50.7 Å². The van der Waals surface area contributed by atoms with E-state index >= 15 is 0 Å². The maximum absolute atomic E-state index is 13.9. The largest absolute Gasteiger partial charge is 0.338 e. The number of nitrogens with zero attached hydrogens (tertiary/aromatic N) is 1. The Hall–Kier alpha value is -1.20. The molecule has 0 aliphatic rings. The van der Waals surface area contributed by atoms with Gasteiger partial charge in [0, 0.05) is 8.95 Å². The highest BCUT2D eigenvalue weighted by atomic mass is 79.9. The van der Waals surface area contributed by atoms with Crippen LogP contribution in [0.25, 0.3) is 22.4 Å². The topological polar surface area (TPSA) is 28.7 Å². The fraction of sp³-hybridized carbons (Fsp3) is 0.0714. The fourth-order valence-electron chi connectivity index (χ4n) is 2.05. The Morgan fingerprint density at radius 3 is 2.68 bits per heavy atom. The SMILES string of the molecule is Cc1cc(Br)cc2[nH]c(-c3cc(Br)ccc3F)nc12. The quantitative estimate of drug-likeness (QED) is 0.614. The molecule has 0 spiro atoms. The smallest absolute Gasteiger partial charge is 0.141 e. The highest BCUT2D eigenvalue weighted by molar-refractivity contribution is 9.10. The van der Waals surface area contributed by atoms with Gasteiger partial charge in [-0.1, -0.05) is 31.9 Å². The Morgan fingerprint density at radius 2 is 1.89 bits per heavy atom. The lowest BCUT2D eigenvalue weighted by Crippen LogP contribution is -1.86. The molecule has 0 unspecified atom stereocenters. The normalized spacial score (nSPS) is 11.2. The molecule has 0 aliphatic carbocycles. The first-order valence-electron chi connectivity index (χ1n) is 5.66. The van der Waals surface area contributed by atoms with Crippen LogP contribution in [0, 0.1) is 12.7 Å². The number of fused-ring (bicyclic) bond motifs is 1. The van der Waals surface area contributed by atoms with E-state index in [1.54, 1.807) is 12.1 Å². The van der Waals surface area contributed by atoms with Gasteiger partial charge in [-0.2, -0.15) is 0 Å². The Morgan fingerprint density at radius 1 is 1.11 bits per heavy atom. The van der Waals surface area contributed by atoms with Gasteiger partial charge in [-0.3, -0.25) is 0 Å². The lowest BCUT2D eigenvalue weighted by molar-refractivity contribution is 0.630. The zero-order valence-corrected chi connectivity index (χ0v) is 13.1. The number of imidazole rings is 1. The number of nitrogens with one attached hydrogen (secondary N) is 1. The number of halogens is 3. The highest BCUT2D eigenvalue weighted by Crippen LogP contribution is 2.28. The standard InChI is InChI=1S/C14H9Br2FN2/c1-7-4-9(16)6-12-13(7)19-14(18-12)10-5-8(15)2-3-11(10)17/h2-6H,1H3,(H,18,19). The van der Waals surface area contributed by atoms with Crippen molar-refractivity contribution in [2.45, 2.75) is 6.92 Å². The average Bonchev–Trinajstić information content (AvgIpc) is 2.76. The van der Waals surface area contributed by atoms with Crippen molar-refractivity contribution in [3.8, 4) is 11.4 Å². The summed E-state index contributed by atoms with van der Waals surface area (Å²) in [6, 6.07) is 8.75. The molecule has 0 saturated carbocycles. The first-order valence-corrected chi connectivity index (χ1v) is 7.24. The molecule has 2 aromatic carbocycles. The number of aryl methyl sites for hydroxylation is 1. The van der Waals surface area contributed by atoms with Gasteiger partial charge < -0.3 is 4.98 Å². The van der Waals surface area contributed by atoms with Gasteiger partial charge in [-0.05, 0) is 42.8 Å². The summed E-state index contributed by atoms with van der Waals surface area (Å²) in [6.07, 6.45) is 0. The molecule has 0 bridgehead atoms. The molecule has 5 heteroatoms. The summed E-state index contributed by atoms with van der Waals surface area (Å²) in [5.41, 5.74) is 3.25. The molecule has 0 radical (unpaired) electrons. The first kappa shape index (κ1) is 12.8. The lowest BCUT2D eigenvalue weighted by atomic mass is 10.2. The Balaban J connectivity index is 2.26. The number of hydrogen-bond donors (Lipinski definition) is 1. The Labute approximate surface area is 126 Å². The molecule has 0 saturated heterocycles.